The highest BCUT2D eigenvalue weighted by molar-refractivity contribution is 6.09. The molecule has 0 bridgehead atoms. The van der Waals surface area contributed by atoms with Gasteiger partial charge >= 0.3 is 0 Å². The fraction of sp³-hybridized carbons (Fsp3) is 0.0556. The first-order valence-electron chi connectivity index (χ1n) is 6.95. The first-order valence-corrected chi connectivity index (χ1v) is 6.95. The topological polar surface area (TPSA) is 58.6 Å². The number of methoxy groups -OCH3 is 1. The molecular weight excluding hydrogens is 297 g/mol. The molecule has 1 amide bonds. The minimum absolute atomic E-state index is 0.123. The number of phenolic OH excluding ortho intramolecular Hbond substituents is 1. The summed E-state index contributed by atoms with van der Waals surface area (Å²) in [5.41, 5.74) is 0.460. The molecule has 0 radical (unpaired) electrons. The smallest absolute Gasteiger partial charge is 0.259 e. The second-order valence-electron chi connectivity index (χ2n) is 5.02. The van der Waals surface area contributed by atoms with Crippen molar-refractivity contribution in [3.05, 3.63) is 66.0 Å². The van der Waals surface area contributed by atoms with Gasteiger partial charge in [0.2, 0.25) is 0 Å². The minimum atomic E-state index is -0.502. The molecule has 0 spiro atoms. The average molecular weight is 311 g/mol. The first-order chi connectivity index (χ1) is 11.1. The van der Waals surface area contributed by atoms with Crippen molar-refractivity contribution in [3.8, 4) is 11.5 Å². The quantitative estimate of drug-likeness (QED) is 0.770. The summed E-state index contributed by atoms with van der Waals surface area (Å²) in [5.74, 6) is -0.882. The summed E-state index contributed by atoms with van der Waals surface area (Å²) >= 11 is 0. The van der Waals surface area contributed by atoms with Gasteiger partial charge in [0.15, 0.2) is 0 Å². The molecule has 116 valence electrons. The van der Waals surface area contributed by atoms with Crippen LogP contribution in [-0.2, 0) is 0 Å². The summed E-state index contributed by atoms with van der Waals surface area (Å²) in [6.45, 7) is 0. The van der Waals surface area contributed by atoms with Crippen molar-refractivity contribution in [2.75, 3.05) is 12.4 Å². The molecule has 3 rings (SSSR count). The van der Waals surface area contributed by atoms with Gasteiger partial charge in [-0.1, -0.05) is 24.3 Å². The minimum Gasteiger partial charge on any atom is -0.507 e. The molecule has 0 atom stereocenters. The summed E-state index contributed by atoms with van der Waals surface area (Å²) in [4.78, 5) is 12.4. The maximum Gasteiger partial charge on any atom is 0.259 e. The SMILES string of the molecule is COc1cc(F)ccc1NC(=O)c1cc2ccccc2cc1O. The maximum atomic E-state index is 13.2. The number of carbonyl (C=O) groups is 1. The third-order valence-electron chi connectivity index (χ3n) is 3.52. The van der Waals surface area contributed by atoms with E-state index in [0.717, 1.165) is 10.8 Å². The fourth-order valence-electron chi connectivity index (χ4n) is 2.37. The number of hydrogen-bond acceptors (Lipinski definition) is 3. The molecule has 0 saturated carbocycles. The Morgan fingerprint density at radius 2 is 1.78 bits per heavy atom. The molecule has 0 aromatic heterocycles. The van der Waals surface area contributed by atoms with Gasteiger partial charge in [-0.2, -0.15) is 0 Å². The van der Waals surface area contributed by atoms with Crippen molar-refractivity contribution in [1.29, 1.82) is 0 Å². The van der Waals surface area contributed by atoms with E-state index in [-0.39, 0.29) is 17.1 Å². The highest BCUT2D eigenvalue weighted by atomic mass is 19.1. The largest absolute Gasteiger partial charge is 0.507 e. The summed E-state index contributed by atoms with van der Waals surface area (Å²) in [5, 5.41) is 14.4. The van der Waals surface area contributed by atoms with Crippen LogP contribution in [0.3, 0.4) is 0 Å². The van der Waals surface area contributed by atoms with Gasteiger partial charge in [-0.3, -0.25) is 4.79 Å². The zero-order valence-electron chi connectivity index (χ0n) is 12.3. The number of hydrogen-bond donors (Lipinski definition) is 2. The Morgan fingerprint density at radius 1 is 1.09 bits per heavy atom. The number of amides is 1. The van der Waals surface area contributed by atoms with Crippen molar-refractivity contribution in [3.63, 3.8) is 0 Å². The third kappa shape index (κ3) is 2.94. The number of fused-ring (bicyclic) bond motifs is 1. The lowest BCUT2D eigenvalue weighted by atomic mass is 10.1. The van der Waals surface area contributed by atoms with E-state index in [1.54, 1.807) is 6.07 Å². The first kappa shape index (κ1) is 14.8. The van der Waals surface area contributed by atoms with Crippen LogP contribution in [0.2, 0.25) is 0 Å². The molecule has 0 fully saturated rings. The monoisotopic (exact) mass is 311 g/mol. The molecule has 23 heavy (non-hydrogen) atoms. The molecule has 0 aliphatic rings. The van der Waals surface area contributed by atoms with Crippen molar-refractivity contribution < 1.29 is 19.0 Å². The Morgan fingerprint density at radius 3 is 2.48 bits per heavy atom. The highest BCUT2D eigenvalue weighted by Gasteiger charge is 2.15. The Bertz CT molecular complexity index is 893. The molecule has 3 aromatic carbocycles. The van der Waals surface area contributed by atoms with Crippen molar-refractivity contribution in [1.82, 2.24) is 0 Å². The second-order valence-corrected chi connectivity index (χ2v) is 5.02. The van der Waals surface area contributed by atoms with Gasteiger partial charge in [0.05, 0.1) is 18.4 Å². The van der Waals surface area contributed by atoms with Crippen LogP contribution in [0.4, 0.5) is 10.1 Å². The number of carbonyl (C=O) groups excluding carboxylic acids is 1. The molecule has 0 heterocycles. The second kappa shape index (κ2) is 5.96. The van der Waals surface area contributed by atoms with E-state index in [4.69, 9.17) is 4.74 Å². The number of benzene rings is 3. The Balaban J connectivity index is 1.96. The van der Waals surface area contributed by atoms with Gasteiger partial charge < -0.3 is 15.2 Å². The van der Waals surface area contributed by atoms with Gasteiger partial charge in [-0.15, -0.1) is 0 Å². The van der Waals surface area contributed by atoms with E-state index in [9.17, 15) is 14.3 Å². The van der Waals surface area contributed by atoms with Gasteiger partial charge in [0.25, 0.3) is 5.91 Å². The number of halogens is 1. The number of rotatable bonds is 3. The van der Waals surface area contributed by atoms with Gasteiger partial charge in [0.1, 0.15) is 17.3 Å². The zero-order chi connectivity index (χ0) is 16.4. The molecule has 0 aliphatic carbocycles. The molecule has 0 aliphatic heterocycles. The Hall–Kier alpha value is -3.08. The summed E-state index contributed by atoms with van der Waals surface area (Å²) < 4.78 is 18.2. The summed E-state index contributed by atoms with van der Waals surface area (Å²) in [6, 6.07) is 14.3. The number of nitrogens with one attached hydrogen (secondary N) is 1. The lowest BCUT2D eigenvalue weighted by Gasteiger charge is -2.11. The summed E-state index contributed by atoms with van der Waals surface area (Å²) in [6.07, 6.45) is 0. The van der Waals surface area contributed by atoms with Crippen LogP contribution < -0.4 is 10.1 Å². The Labute approximate surface area is 132 Å². The molecule has 3 aromatic rings. The highest BCUT2D eigenvalue weighted by Crippen LogP contribution is 2.29. The molecule has 0 saturated heterocycles. The number of anilines is 1. The number of phenols is 1. The zero-order valence-corrected chi connectivity index (χ0v) is 12.3. The normalized spacial score (nSPS) is 10.5. The molecule has 0 unspecified atom stereocenters. The van der Waals surface area contributed by atoms with E-state index < -0.39 is 11.7 Å². The van der Waals surface area contributed by atoms with E-state index in [1.165, 1.54) is 31.4 Å². The average Bonchev–Trinajstić information content (AvgIpc) is 2.55. The van der Waals surface area contributed by atoms with Crippen LogP contribution in [-0.4, -0.2) is 18.1 Å². The molecule has 5 heteroatoms. The van der Waals surface area contributed by atoms with E-state index >= 15 is 0 Å². The van der Waals surface area contributed by atoms with E-state index in [2.05, 4.69) is 5.32 Å². The predicted molar refractivity (Wildman–Crippen MR) is 86.5 cm³/mol. The van der Waals surface area contributed by atoms with Crippen molar-refractivity contribution in [2.45, 2.75) is 0 Å². The fourth-order valence-corrected chi connectivity index (χ4v) is 2.37. The number of aromatic hydroxyl groups is 1. The van der Waals surface area contributed by atoms with Crippen LogP contribution in [0.25, 0.3) is 10.8 Å². The summed E-state index contributed by atoms with van der Waals surface area (Å²) in [7, 11) is 1.39. The van der Waals surface area contributed by atoms with Crippen LogP contribution in [0.5, 0.6) is 11.5 Å². The predicted octanol–water partition coefficient (Wildman–Crippen LogP) is 3.95. The van der Waals surface area contributed by atoms with Gasteiger partial charge in [0, 0.05) is 6.07 Å². The van der Waals surface area contributed by atoms with E-state index in [0.29, 0.717) is 5.69 Å². The van der Waals surface area contributed by atoms with Crippen molar-refractivity contribution in [2.24, 2.45) is 0 Å². The van der Waals surface area contributed by atoms with Gasteiger partial charge in [-0.05, 0) is 35.0 Å². The maximum absolute atomic E-state index is 13.2. The third-order valence-corrected chi connectivity index (χ3v) is 3.52. The van der Waals surface area contributed by atoms with E-state index in [1.807, 2.05) is 24.3 Å². The lowest BCUT2D eigenvalue weighted by Crippen LogP contribution is -2.13. The van der Waals surface area contributed by atoms with Crippen LogP contribution in [0.15, 0.2) is 54.6 Å². The number of ether oxygens (including phenoxy) is 1. The molecule has 2 N–H and O–H groups in total. The lowest BCUT2D eigenvalue weighted by molar-refractivity contribution is 0.102. The van der Waals surface area contributed by atoms with Gasteiger partial charge in [-0.25, -0.2) is 4.39 Å². The van der Waals surface area contributed by atoms with Crippen LogP contribution >= 0.6 is 0 Å². The standard InChI is InChI=1S/C18H14FNO3/c1-23-17-10-13(19)6-7-15(17)20-18(22)14-8-11-4-2-3-5-12(11)9-16(14)21/h2-10,21H,1H3,(H,20,22). The molecular formula is C18H14FNO3. The van der Waals surface area contributed by atoms with Crippen molar-refractivity contribution >= 4 is 22.4 Å². The van der Waals surface area contributed by atoms with Crippen LogP contribution in [0.1, 0.15) is 10.4 Å². The molecule has 4 nitrogen and oxygen atoms in total. The van der Waals surface area contributed by atoms with Crippen LogP contribution in [0, 0.1) is 5.82 Å². The Kier molecular flexibility index (Phi) is 3.85.